The molecule has 0 aliphatic heterocycles. The maximum atomic E-state index is 3.56. The SMILES string of the molecule is C=CCC#CC(C)(C)Br.N. The van der Waals surface area contributed by atoms with Crippen molar-refractivity contribution < 1.29 is 0 Å². The third-order valence-electron chi connectivity index (χ3n) is 0.632. The second-order valence-corrected chi connectivity index (χ2v) is 4.25. The summed E-state index contributed by atoms with van der Waals surface area (Å²) in [7, 11) is 0. The maximum Gasteiger partial charge on any atom is 0.0806 e. The zero-order valence-corrected chi connectivity index (χ0v) is 8.16. The number of hydrogen-bond acceptors (Lipinski definition) is 1. The third kappa shape index (κ3) is 10.7. The van der Waals surface area contributed by atoms with Crippen LogP contribution in [0.3, 0.4) is 0 Å². The predicted molar refractivity (Wildman–Crippen MR) is 50.6 cm³/mol. The van der Waals surface area contributed by atoms with Crippen LogP contribution < -0.4 is 6.15 Å². The quantitative estimate of drug-likeness (QED) is 0.397. The Kier molecular flexibility index (Phi) is 6.85. The molecule has 3 N–H and O–H groups in total. The summed E-state index contributed by atoms with van der Waals surface area (Å²) in [6, 6.07) is 0. The van der Waals surface area contributed by atoms with Crippen LogP contribution in [0.5, 0.6) is 0 Å². The molecule has 0 amide bonds. The largest absolute Gasteiger partial charge is 0.344 e. The van der Waals surface area contributed by atoms with Crippen LogP contribution in [0, 0.1) is 11.8 Å². The van der Waals surface area contributed by atoms with Gasteiger partial charge in [-0.05, 0) is 13.8 Å². The summed E-state index contributed by atoms with van der Waals surface area (Å²) in [6.07, 6.45) is 2.57. The second kappa shape index (κ2) is 5.52. The molecular formula is C8H14BrN. The average molecular weight is 204 g/mol. The molecule has 2 heteroatoms. The Balaban J connectivity index is 0. The smallest absolute Gasteiger partial charge is 0.0806 e. The van der Waals surface area contributed by atoms with Gasteiger partial charge in [-0.15, -0.1) is 6.58 Å². The first-order valence-electron chi connectivity index (χ1n) is 2.86. The highest BCUT2D eigenvalue weighted by Gasteiger charge is 2.04. The molecule has 0 aliphatic carbocycles. The Labute approximate surface area is 71.6 Å². The van der Waals surface area contributed by atoms with Crippen LogP contribution in [0.15, 0.2) is 12.7 Å². The van der Waals surface area contributed by atoms with E-state index in [1.54, 1.807) is 6.08 Å². The normalized spacial score (nSPS) is 8.70. The van der Waals surface area contributed by atoms with Gasteiger partial charge in [-0.3, -0.25) is 0 Å². The Morgan fingerprint density at radius 1 is 1.60 bits per heavy atom. The molecule has 0 fully saturated rings. The van der Waals surface area contributed by atoms with Gasteiger partial charge < -0.3 is 6.15 Å². The molecule has 0 unspecified atom stereocenters. The van der Waals surface area contributed by atoms with Crippen LogP contribution in [0.25, 0.3) is 0 Å². The zero-order valence-electron chi connectivity index (χ0n) is 6.58. The van der Waals surface area contributed by atoms with E-state index < -0.39 is 0 Å². The highest BCUT2D eigenvalue weighted by Crippen LogP contribution is 2.12. The molecule has 58 valence electrons. The van der Waals surface area contributed by atoms with Crippen molar-refractivity contribution in [3.05, 3.63) is 12.7 Å². The van der Waals surface area contributed by atoms with Crippen LogP contribution in [0.2, 0.25) is 0 Å². The van der Waals surface area contributed by atoms with E-state index >= 15 is 0 Å². The molecule has 0 aromatic rings. The monoisotopic (exact) mass is 203 g/mol. The topological polar surface area (TPSA) is 35.0 Å². The minimum atomic E-state index is -0.0456. The van der Waals surface area contributed by atoms with Gasteiger partial charge in [0.1, 0.15) is 0 Å². The fraction of sp³-hybridized carbons (Fsp3) is 0.500. The van der Waals surface area contributed by atoms with Crippen molar-refractivity contribution in [1.29, 1.82) is 0 Å². The van der Waals surface area contributed by atoms with Crippen molar-refractivity contribution in [2.75, 3.05) is 0 Å². The molecule has 0 aliphatic rings. The number of rotatable bonds is 1. The first kappa shape index (κ1) is 12.4. The van der Waals surface area contributed by atoms with E-state index in [2.05, 4.69) is 34.3 Å². The van der Waals surface area contributed by atoms with Crippen LogP contribution in [-0.2, 0) is 0 Å². The van der Waals surface area contributed by atoms with Gasteiger partial charge in [0.05, 0.1) is 4.32 Å². The lowest BCUT2D eigenvalue weighted by molar-refractivity contribution is 0.955. The minimum Gasteiger partial charge on any atom is -0.344 e. The molecule has 0 saturated heterocycles. The third-order valence-corrected chi connectivity index (χ3v) is 0.830. The molecule has 0 radical (unpaired) electrons. The molecule has 0 saturated carbocycles. The van der Waals surface area contributed by atoms with Crippen molar-refractivity contribution in [3.8, 4) is 11.8 Å². The van der Waals surface area contributed by atoms with Crippen LogP contribution >= 0.6 is 15.9 Å². The number of allylic oxidation sites excluding steroid dienone is 1. The van der Waals surface area contributed by atoms with Crippen molar-refractivity contribution >= 4 is 15.9 Å². The first-order valence-corrected chi connectivity index (χ1v) is 3.65. The molecule has 10 heavy (non-hydrogen) atoms. The summed E-state index contributed by atoms with van der Waals surface area (Å²) in [5, 5.41) is 0. The van der Waals surface area contributed by atoms with Crippen LogP contribution in [-0.4, -0.2) is 4.32 Å². The predicted octanol–water partition coefficient (Wildman–Crippen LogP) is 2.90. The van der Waals surface area contributed by atoms with Gasteiger partial charge in [-0.2, -0.15) is 0 Å². The van der Waals surface area contributed by atoms with Crippen molar-refractivity contribution in [2.24, 2.45) is 0 Å². The fourth-order valence-corrected chi connectivity index (χ4v) is 0.474. The average Bonchev–Trinajstić information content (AvgIpc) is 1.63. The Bertz CT molecular complexity index is 145. The molecule has 1 nitrogen and oxygen atoms in total. The van der Waals surface area contributed by atoms with Crippen molar-refractivity contribution in [1.82, 2.24) is 6.15 Å². The van der Waals surface area contributed by atoms with Crippen LogP contribution in [0.4, 0.5) is 0 Å². The van der Waals surface area contributed by atoms with E-state index in [1.807, 2.05) is 13.8 Å². The van der Waals surface area contributed by atoms with Crippen LogP contribution in [0.1, 0.15) is 20.3 Å². The van der Waals surface area contributed by atoms with E-state index in [0.717, 1.165) is 6.42 Å². The standard InChI is InChI=1S/C8H11Br.H3N/c1-4-5-6-7-8(2,3)9;/h4H,1,5H2,2-3H3;1H3. The summed E-state index contributed by atoms with van der Waals surface area (Å²) in [4.78, 5) is 0. The molecule has 0 bridgehead atoms. The Hall–Kier alpha value is -0.260. The molecular weight excluding hydrogens is 190 g/mol. The van der Waals surface area contributed by atoms with Gasteiger partial charge in [0, 0.05) is 6.42 Å². The van der Waals surface area contributed by atoms with Gasteiger partial charge in [0.15, 0.2) is 0 Å². The second-order valence-electron chi connectivity index (χ2n) is 2.27. The molecule has 0 heterocycles. The Morgan fingerprint density at radius 3 is 2.40 bits per heavy atom. The van der Waals surface area contributed by atoms with Gasteiger partial charge in [0.2, 0.25) is 0 Å². The van der Waals surface area contributed by atoms with Crippen molar-refractivity contribution in [2.45, 2.75) is 24.6 Å². The van der Waals surface area contributed by atoms with E-state index in [9.17, 15) is 0 Å². The summed E-state index contributed by atoms with van der Waals surface area (Å²) < 4.78 is -0.0456. The number of hydrogen-bond donors (Lipinski definition) is 1. The summed E-state index contributed by atoms with van der Waals surface area (Å²) >= 11 is 3.40. The van der Waals surface area contributed by atoms with Gasteiger partial charge >= 0.3 is 0 Å². The highest BCUT2D eigenvalue weighted by atomic mass is 79.9. The maximum absolute atomic E-state index is 3.56. The lowest BCUT2D eigenvalue weighted by atomic mass is 10.2. The van der Waals surface area contributed by atoms with E-state index in [-0.39, 0.29) is 10.5 Å². The van der Waals surface area contributed by atoms with E-state index in [4.69, 9.17) is 0 Å². The highest BCUT2D eigenvalue weighted by molar-refractivity contribution is 9.10. The molecule has 0 spiro atoms. The van der Waals surface area contributed by atoms with E-state index in [1.165, 1.54) is 0 Å². The molecule has 0 rings (SSSR count). The van der Waals surface area contributed by atoms with Gasteiger partial charge in [0.25, 0.3) is 0 Å². The number of halogens is 1. The Morgan fingerprint density at radius 2 is 2.10 bits per heavy atom. The lowest BCUT2D eigenvalue weighted by Gasteiger charge is -2.03. The van der Waals surface area contributed by atoms with Gasteiger partial charge in [-0.25, -0.2) is 0 Å². The summed E-state index contributed by atoms with van der Waals surface area (Å²) in [5.74, 6) is 5.98. The van der Waals surface area contributed by atoms with Gasteiger partial charge in [-0.1, -0.05) is 33.8 Å². The molecule has 0 atom stereocenters. The first-order chi connectivity index (χ1) is 4.06. The number of alkyl halides is 1. The fourth-order valence-electron chi connectivity index (χ4n) is 0.333. The summed E-state index contributed by atoms with van der Waals surface area (Å²) in [5.41, 5.74) is 0. The van der Waals surface area contributed by atoms with E-state index in [0.29, 0.717) is 0 Å². The zero-order chi connectivity index (χ0) is 7.33. The van der Waals surface area contributed by atoms with Crippen molar-refractivity contribution in [3.63, 3.8) is 0 Å². The molecule has 0 aromatic heterocycles. The molecule has 0 aromatic carbocycles. The lowest BCUT2D eigenvalue weighted by Crippen LogP contribution is -2.03. The summed E-state index contributed by atoms with van der Waals surface area (Å²) in [6.45, 7) is 7.60. The minimum absolute atomic E-state index is 0.